The van der Waals surface area contributed by atoms with Gasteiger partial charge in [0.05, 0.1) is 0 Å². The van der Waals surface area contributed by atoms with E-state index in [1.165, 1.54) is 0 Å². The van der Waals surface area contributed by atoms with Crippen LogP contribution in [0.1, 0.15) is 30.8 Å². The van der Waals surface area contributed by atoms with Gasteiger partial charge in [0.15, 0.2) is 0 Å². The van der Waals surface area contributed by atoms with Gasteiger partial charge in [-0.2, -0.15) is 4.98 Å². The molecular formula is C13H17N3O2. The predicted molar refractivity (Wildman–Crippen MR) is 68.9 cm³/mol. The minimum absolute atomic E-state index is 0.128. The third-order valence-corrected chi connectivity index (χ3v) is 2.87. The first kappa shape index (κ1) is 12.6. The average molecular weight is 247 g/mol. The van der Waals surface area contributed by atoms with Gasteiger partial charge >= 0.3 is 0 Å². The number of hydrogen-bond acceptors (Lipinski definition) is 5. The lowest BCUT2D eigenvalue weighted by atomic mass is 10.1. The molecule has 96 valence electrons. The molecule has 1 aromatic heterocycles. The van der Waals surface area contributed by atoms with Crippen molar-refractivity contribution >= 4 is 5.69 Å². The fourth-order valence-corrected chi connectivity index (χ4v) is 1.86. The summed E-state index contributed by atoms with van der Waals surface area (Å²) in [5.74, 6) is 1.07. The molecule has 0 bridgehead atoms. The smallest absolute Gasteiger partial charge is 0.258 e. The Kier molecular flexibility index (Phi) is 3.62. The largest absolute Gasteiger partial charge is 0.399 e. The van der Waals surface area contributed by atoms with Gasteiger partial charge in [0.1, 0.15) is 6.10 Å². The fourth-order valence-electron chi connectivity index (χ4n) is 1.86. The van der Waals surface area contributed by atoms with Crippen molar-refractivity contribution in [3.63, 3.8) is 0 Å². The van der Waals surface area contributed by atoms with E-state index in [9.17, 15) is 0 Å². The predicted octanol–water partition coefficient (Wildman–Crippen LogP) is 2.72. The number of nitrogen functional groups attached to an aromatic ring is 1. The topological polar surface area (TPSA) is 74.2 Å². The van der Waals surface area contributed by atoms with Gasteiger partial charge in [-0.3, -0.25) is 0 Å². The molecule has 2 N–H and O–H groups in total. The molecule has 0 spiro atoms. The number of aromatic nitrogens is 2. The van der Waals surface area contributed by atoms with Crippen molar-refractivity contribution in [3.8, 4) is 11.5 Å². The fraction of sp³-hybridized carbons (Fsp3) is 0.385. The van der Waals surface area contributed by atoms with Crippen molar-refractivity contribution < 1.29 is 9.26 Å². The standard InChI is InChI=1S/C13H17N3O2/c1-4-11(17-3)12-15-13(18-16-12)10-6-5-9(14)7-8(10)2/h5-7,11H,4,14H2,1-3H3. The molecule has 5 heteroatoms. The number of anilines is 1. The zero-order valence-corrected chi connectivity index (χ0v) is 10.8. The molecule has 0 radical (unpaired) electrons. The van der Waals surface area contributed by atoms with Crippen molar-refractivity contribution in [2.24, 2.45) is 0 Å². The van der Waals surface area contributed by atoms with Crippen molar-refractivity contribution in [2.75, 3.05) is 12.8 Å². The summed E-state index contributed by atoms with van der Waals surface area (Å²) in [7, 11) is 1.64. The van der Waals surface area contributed by atoms with Gasteiger partial charge in [0.25, 0.3) is 5.89 Å². The Labute approximate surface area is 106 Å². The number of ether oxygens (including phenoxy) is 1. The summed E-state index contributed by atoms with van der Waals surface area (Å²) in [4.78, 5) is 4.37. The molecule has 1 heterocycles. The van der Waals surface area contributed by atoms with E-state index < -0.39 is 0 Å². The molecule has 0 aliphatic rings. The normalized spacial score (nSPS) is 12.6. The molecular weight excluding hydrogens is 230 g/mol. The average Bonchev–Trinajstić information content (AvgIpc) is 2.80. The second-order valence-corrected chi connectivity index (χ2v) is 4.16. The van der Waals surface area contributed by atoms with Crippen LogP contribution in [0.25, 0.3) is 11.5 Å². The second-order valence-electron chi connectivity index (χ2n) is 4.16. The number of aryl methyl sites for hydroxylation is 1. The van der Waals surface area contributed by atoms with E-state index in [2.05, 4.69) is 10.1 Å². The van der Waals surface area contributed by atoms with Crippen LogP contribution < -0.4 is 5.73 Å². The van der Waals surface area contributed by atoms with E-state index in [1.54, 1.807) is 7.11 Å². The molecule has 0 aliphatic heterocycles. The number of nitrogens with zero attached hydrogens (tertiary/aromatic N) is 2. The molecule has 1 unspecified atom stereocenters. The SMILES string of the molecule is CCC(OC)c1noc(-c2ccc(N)cc2C)n1. The summed E-state index contributed by atoms with van der Waals surface area (Å²) >= 11 is 0. The third-order valence-electron chi connectivity index (χ3n) is 2.87. The molecule has 0 saturated heterocycles. The zero-order chi connectivity index (χ0) is 13.1. The molecule has 1 aromatic carbocycles. The van der Waals surface area contributed by atoms with Gasteiger partial charge < -0.3 is 15.0 Å². The van der Waals surface area contributed by atoms with Crippen LogP contribution in [-0.4, -0.2) is 17.3 Å². The molecule has 2 rings (SSSR count). The van der Waals surface area contributed by atoms with Crippen LogP contribution in [0.5, 0.6) is 0 Å². The van der Waals surface area contributed by atoms with Gasteiger partial charge in [-0.15, -0.1) is 0 Å². The number of benzene rings is 1. The third kappa shape index (κ3) is 2.36. The Morgan fingerprint density at radius 2 is 2.22 bits per heavy atom. The molecule has 2 aromatic rings. The van der Waals surface area contributed by atoms with Crippen LogP contribution >= 0.6 is 0 Å². The second kappa shape index (κ2) is 5.18. The summed E-state index contributed by atoms with van der Waals surface area (Å²) in [5, 5.41) is 3.96. The first-order valence-corrected chi connectivity index (χ1v) is 5.88. The quantitative estimate of drug-likeness (QED) is 0.841. The Morgan fingerprint density at radius 1 is 1.44 bits per heavy atom. The van der Waals surface area contributed by atoms with E-state index >= 15 is 0 Å². The van der Waals surface area contributed by atoms with E-state index in [0.717, 1.165) is 23.2 Å². The molecule has 0 fully saturated rings. The molecule has 0 aliphatic carbocycles. The Balaban J connectivity index is 2.34. The number of nitrogens with two attached hydrogens (primary N) is 1. The van der Waals surface area contributed by atoms with Gasteiger partial charge in [-0.1, -0.05) is 12.1 Å². The van der Waals surface area contributed by atoms with Crippen LogP contribution in [0.2, 0.25) is 0 Å². The Bertz CT molecular complexity index is 533. The Hall–Kier alpha value is -1.88. The highest BCUT2D eigenvalue weighted by Gasteiger charge is 2.17. The van der Waals surface area contributed by atoms with Crippen LogP contribution in [0.15, 0.2) is 22.7 Å². The maximum Gasteiger partial charge on any atom is 0.258 e. The maximum atomic E-state index is 5.72. The summed E-state index contributed by atoms with van der Waals surface area (Å²) < 4.78 is 10.6. The highest BCUT2D eigenvalue weighted by Crippen LogP contribution is 2.26. The lowest BCUT2D eigenvalue weighted by Gasteiger charge is -2.06. The van der Waals surface area contributed by atoms with Crippen molar-refractivity contribution in [2.45, 2.75) is 26.4 Å². The first-order valence-electron chi connectivity index (χ1n) is 5.88. The van der Waals surface area contributed by atoms with Gasteiger partial charge in [0, 0.05) is 18.4 Å². The van der Waals surface area contributed by atoms with E-state index in [1.807, 2.05) is 32.0 Å². The van der Waals surface area contributed by atoms with E-state index in [4.69, 9.17) is 15.0 Å². The zero-order valence-electron chi connectivity index (χ0n) is 10.8. The van der Waals surface area contributed by atoms with Crippen LogP contribution in [-0.2, 0) is 4.74 Å². The molecule has 1 atom stereocenters. The highest BCUT2D eigenvalue weighted by atomic mass is 16.5. The van der Waals surface area contributed by atoms with Crippen LogP contribution in [0, 0.1) is 6.92 Å². The van der Waals surface area contributed by atoms with Gasteiger partial charge in [-0.05, 0) is 37.1 Å². The van der Waals surface area contributed by atoms with Crippen LogP contribution in [0.4, 0.5) is 5.69 Å². The maximum absolute atomic E-state index is 5.72. The summed E-state index contributed by atoms with van der Waals surface area (Å²) in [5.41, 5.74) is 8.34. The number of hydrogen-bond donors (Lipinski definition) is 1. The summed E-state index contributed by atoms with van der Waals surface area (Å²) in [6.07, 6.45) is 0.674. The van der Waals surface area contributed by atoms with Gasteiger partial charge in [-0.25, -0.2) is 0 Å². The van der Waals surface area contributed by atoms with Gasteiger partial charge in [0.2, 0.25) is 5.82 Å². The first-order chi connectivity index (χ1) is 8.65. The lowest BCUT2D eigenvalue weighted by Crippen LogP contribution is -2.01. The van der Waals surface area contributed by atoms with E-state index in [-0.39, 0.29) is 6.10 Å². The minimum atomic E-state index is -0.128. The highest BCUT2D eigenvalue weighted by molar-refractivity contribution is 5.62. The monoisotopic (exact) mass is 247 g/mol. The summed E-state index contributed by atoms with van der Waals surface area (Å²) in [6.45, 7) is 3.97. The Morgan fingerprint density at radius 3 is 2.83 bits per heavy atom. The molecule has 0 saturated carbocycles. The van der Waals surface area contributed by atoms with Crippen molar-refractivity contribution in [1.29, 1.82) is 0 Å². The molecule has 18 heavy (non-hydrogen) atoms. The molecule has 5 nitrogen and oxygen atoms in total. The number of rotatable bonds is 4. The van der Waals surface area contributed by atoms with Crippen molar-refractivity contribution in [3.05, 3.63) is 29.6 Å². The van der Waals surface area contributed by atoms with Crippen LogP contribution in [0.3, 0.4) is 0 Å². The lowest BCUT2D eigenvalue weighted by molar-refractivity contribution is 0.0903. The van der Waals surface area contributed by atoms with Crippen molar-refractivity contribution in [1.82, 2.24) is 10.1 Å². The van der Waals surface area contributed by atoms with E-state index in [0.29, 0.717) is 11.7 Å². The summed E-state index contributed by atoms with van der Waals surface area (Å²) in [6, 6.07) is 5.59. The minimum Gasteiger partial charge on any atom is -0.399 e. The molecule has 0 amide bonds. The number of methoxy groups -OCH3 is 1.